The van der Waals surface area contributed by atoms with Gasteiger partial charge in [0, 0.05) is 3.57 Å². The average molecular weight is 278 g/mol. The molecule has 0 fully saturated rings. The predicted molar refractivity (Wildman–Crippen MR) is 42.0 cm³/mol. The lowest BCUT2D eigenvalue weighted by molar-refractivity contribution is -0.134. The van der Waals surface area contributed by atoms with E-state index in [1.165, 1.54) is 11.4 Å². The van der Waals surface area contributed by atoms with Crippen molar-refractivity contribution in [2.75, 3.05) is 0 Å². The fraction of sp³-hybridized carbons (Fsp3) is 0.200. The second-order valence-electron chi connectivity index (χ2n) is 1.60. The smallest absolute Gasteiger partial charge is 0.165 e. The molecule has 1 aromatic rings. The van der Waals surface area contributed by atoms with Gasteiger partial charge in [-0.25, -0.2) is 0 Å². The molecule has 0 saturated heterocycles. The monoisotopic (exact) mass is 278 g/mol. The minimum Gasteiger partial charge on any atom is -0.165 e. The molecule has 0 N–H and O–H groups in total. The molecule has 0 atom stereocenters. The van der Waals surface area contributed by atoms with Gasteiger partial charge in [0.15, 0.2) is 0 Å². The van der Waals surface area contributed by atoms with Crippen molar-refractivity contribution in [2.45, 2.75) is 6.18 Å². The normalized spacial score (nSPS) is 12.0. The summed E-state index contributed by atoms with van der Waals surface area (Å²) in [6, 6.07) is 1.45. The number of rotatable bonds is 0. The predicted octanol–water partition coefficient (Wildman–Crippen LogP) is 3.37. The molecule has 0 aliphatic carbocycles. The summed E-state index contributed by atoms with van der Waals surface area (Å²) >= 11 is 2.40. The largest absolute Gasteiger partial charge is 0.426 e. The van der Waals surface area contributed by atoms with Gasteiger partial charge < -0.3 is 0 Å². The van der Waals surface area contributed by atoms with Crippen molar-refractivity contribution >= 4 is 33.9 Å². The third-order valence-electron chi connectivity index (χ3n) is 0.875. The molecule has 10 heavy (non-hydrogen) atoms. The number of hydrogen-bond acceptors (Lipinski definition) is 1. The molecule has 0 aliphatic heterocycles. The maximum atomic E-state index is 11.9. The van der Waals surface area contributed by atoms with E-state index in [2.05, 4.69) is 0 Å². The fourth-order valence-electron chi connectivity index (χ4n) is 0.496. The first-order chi connectivity index (χ1) is 4.52. The zero-order chi connectivity index (χ0) is 7.78. The van der Waals surface area contributed by atoms with Gasteiger partial charge in [0.1, 0.15) is 4.88 Å². The lowest BCUT2D eigenvalue weighted by Crippen LogP contribution is -2.02. The van der Waals surface area contributed by atoms with Crippen LogP contribution in [-0.4, -0.2) is 0 Å². The van der Waals surface area contributed by atoms with Crippen LogP contribution in [-0.2, 0) is 6.18 Å². The van der Waals surface area contributed by atoms with Crippen LogP contribution >= 0.6 is 33.9 Å². The lowest BCUT2D eigenvalue weighted by Gasteiger charge is -2.01. The van der Waals surface area contributed by atoms with Crippen LogP contribution in [0.4, 0.5) is 13.2 Å². The number of halogens is 4. The van der Waals surface area contributed by atoms with E-state index < -0.39 is 11.1 Å². The molecule has 0 radical (unpaired) electrons. The summed E-state index contributed by atoms with van der Waals surface area (Å²) in [5.74, 6) is 0. The maximum absolute atomic E-state index is 11.9. The second-order valence-corrected chi connectivity index (χ2v) is 3.67. The Hall–Kier alpha value is 0.220. The van der Waals surface area contributed by atoms with Crippen molar-refractivity contribution in [2.24, 2.45) is 0 Å². The minimum absolute atomic E-state index is 0.273. The van der Waals surface area contributed by atoms with E-state index in [-0.39, 0.29) is 3.57 Å². The highest BCUT2D eigenvalue weighted by Gasteiger charge is 2.34. The van der Waals surface area contributed by atoms with Crippen LogP contribution in [0.2, 0.25) is 0 Å². The summed E-state index contributed by atoms with van der Waals surface area (Å²) in [6.45, 7) is 0. The highest BCUT2D eigenvalue weighted by molar-refractivity contribution is 14.1. The van der Waals surface area contributed by atoms with Crippen LogP contribution in [0.5, 0.6) is 0 Å². The Bertz CT molecular complexity index is 227. The number of alkyl halides is 3. The Labute approximate surface area is 73.2 Å². The molecular formula is C5H2F3IS. The van der Waals surface area contributed by atoms with Gasteiger partial charge in [-0.3, -0.25) is 0 Å². The molecule has 0 aromatic carbocycles. The van der Waals surface area contributed by atoms with Gasteiger partial charge >= 0.3 is 6.18 Å². The van der Waals surface area contributed by atoms with E-state index in [1.807, 2.05) is 0 Å². The van der Waals surface area contributed by atoms with Crippen LogP contribution < -0.4 is 0 Å². The van der Waals surface area contributed by atoms with Crippen molar-refractivity contribution < 1.29 is 13.2 Å². The average Bonchev–Trinajstić information content (AvgIpc) is 2.11. The highest BCUT2D eigenvalue weighted by Crippen LogP contribution is 2.36. The van der Waals surface area contributed by atoms with Crippen molar-refractivity contribution in [3.05, 3.63) is 19.9 Å². The topological polar surface area (TPSA) is 0 Å². The van der Waals surface area contributed by atoms with E-state index in [0.717, 1.165) is 11.3 Å². The van der Waals surface area contributed by atoms with Gasteiger partial charge in [0.2, 0.25) is 0 Å². The Morgan fingerprint density at radius 1 is 1.40 bits per heavy atom. The van der Waals surface area contributed by atoms with Crippen LogP contribution in [0.25, 0.3) is 0 Å². The third kappa shape index (κ3) is 1.63. The fourth-order valence-corrected chi connectivity index (χ4v) is 2.26. The summed E-state index contributed by atoms with van der Waals surface area (Å²) in [6.07, 6.45) is -4.18. The molecule has 1 aromatic heterocycles. The summed E-state index contributed by atoms with van der Waals surface area (Å²) < 4.78 is 35.9. The Morgan fingerprint density at radius 3 is 2.20 bits per heavy atom. The van der Waals surface area contributed by atoms with Crippen molar-refractivity contribution in [3.8, 4) is 0 Å². The molecule has 0 bridgehead atoms. The van der Waals surface area contributed by atoms with Gasteiger partial charge in [-0.1, -0.05) is 0 Å². The van der Waals surface area contributed by atoms with E-state index in [9.17, 15) is 13.2 Å². The van der Waals surface area contributed by atoms with Gasteiger partial charge in [0.05, 0.1) is 0 Å². The van der Waals surface area contributed by atoms with Gasteiger partial charge in [-0.05, 0) is 34.0 Å². The van der Waals surface area contributed by atoms with Crippen LogP contribution in [0.3, 0.4) is 0 Å². The number of hydrogen-bond donors (Lipinski definition) is 0. The van der Waals surface area contributed by atoms with Gasteiger partial charge in [-0.2, -0.15) is 13.2 Å². The van der Waals surface area contributed by atoms with Crippen molar-refractivity contribution in [1.29, 1.82) is 0 Å². The summed E-state index contributed by atoms with van der Waals surface area (Å²) in [5.41, 5.74) is 0. The summed E-state index contributed by atoms with van der Waals surface area (Å²) in [7, 11) is 0. The van der Waals surface area contributed by atoms with Crippen LogP contribution in [0, 0.1) is 3.57 Å². The molecule has 0 saturated carbocycles. The highest BCUT2D eigenvalue weighted by atomic mass is 127. The SMILES string of the molecule is FC(F)(F)c1sccc1I. The molecule has 1 rings (SSSR count). The van der Waals surface area contributed by atoms with Crippen molar-refractivity contribution in [1.82, 2.24) is 0 Å². The van der Waals surface area contributed by atoms with Crippen LogP contribution in [0.15, 0.2) is 11.4 Å². The molecule has 0 spiro atoms. The first-order valence-electron chi connectivity index (χ1n) is 2.32. The molecule has 0 aliphatic rings. The van der Waals surface area contributed by atoms with E-state index in [4.69, 9.17) is 0 Å². The standard InChI is InChI=1S/C5H2F3IS/c6-5(7,8)4-3(9)1-2-10-4/h1-2H. The molecule has 56 valence electrons. The van der Waals surface area contributed by atoms with E-state index in [1.54, 1.807) is 22.6 Å². The second kappa shape index (κ2) is 2.69. The first-order valence-corrected chi connectivity index (χ1v) is 4.28. The summed E-state index contributed by atoms with van der Waals surface area (Å²) in [5, 5.41) is 1.44. The van der Waals surface area contributed by atoms with Crippen molar-refractivity contribution in [3.63, 3.8) is 0 Å². The van der Waals surface area contributed by atoms with Gasteiger partial charge in [0.25, 0.3) is 0 Å². The lowest BCUT2D eigenvalue weighted by atomic mass is 10.5. The summed E-state index contributed by atoms with van der Waals surface area (Å²) in [4.78, 5) is -0.506. The molecule has 0 unspecified atom stereocenters. The Morgan fingerprint density at radius 2 is 2.00 bits per heavy atom. The zero-order valence-corrected chi connectivity index (χ0v) is 7.55. The third-order valence-corrected chi connectivity index (χ3v) is 3.10. The quantitative estimate of drug-likeness (QED) is 0.638. The maximum Gasteiger partial charge on any atom is 0.426 e. The Balaban J connectivity index is 3.05. The van der Waals surface area contributed by atoms with E-state index in [0.29, 0.717) is 0 Å². The van der Waals surface area contributed by atoms with Crippen LogP contribution in [0.1, 0.15) is 4.88 Å². The molecule has 0 nitrogen and oxygen atoms in total. The van der Waals surface area contributed by atoms with Gasteiger partial charge in [-0.15, -0.1) is 11.3 Å². The molecule has 1 heterocycles. The molecular weight excluding hydrogens is 276 g/mol. The first kappa shape index (κ1) is 8.32. The Kier molecular flexibility index (Phi) is 2.24. The number of thiophene rings is 1. The minimum atomic E-state index is -4.18. The van der Waals surface area contributed by atoms with E-state index >= 15 is 0 Å². The molecule has 0 amide bonds. The molecule has 5 heteroatoms. The zero-order valence-electron chi connectivity index (χ0n) is 4.57.